The molecule has 130 valence electrons. The van der Waals surface area contributed by atoms with E-state index < -0.39 is 0 Å². The fourth-order valence-corrected chi connectivity index (χ4v) is 2.47. The second-order valence-electron chi connectivity index (χ2n) is 5.40. The van der Waals surface area contributed by atoms with Gasteiger partial charge in [0.2, 0.25) is 0 Å². The van der Waals surface area contributed by atoms with Crippen LogP contribution in [0.25, 0.3) is 11.1 Å². The van der Waals surface area contributed by atoms with Crippen molar-refractivity contribution in [3.05, 3.63) is 78.9 Å². The number of hydrogen-bond donors (Lipinski definition) is 1. The Morgan fingerprint density at radius 3 is 2.20 bits per heavy atom. The highest BCUT2D eigenvalue weighted by Crippen LogP contribution is 2.23. The number of halogens is 1. The maximum absolute atomic E-state index is 5.85. The molecule has 0 heterocycles. The quantitative estimate of drug-likeness (QED) is 0.585. The normalized spacial score (nSPS) is 9.80. The Labute approximate surface area is 155 Å². The van der Waals surface area contributed by atoms with Crippen molar-refractivity contribution < 1.29 is 9.47 Å². The van der Waals surface area contributed by atoms with E-state index in [-0.39, 0.29) is 12.4 Å². The summed E-state index contributed by atoms with van der Waals surface area (Å²) in [5.41, 5.74) is 3.41. The molecule has 0 bridgehead atoms. The maximum Gasteiger partial charge on any atom is 0.120 e. The van der Waals surface area contributed by atoms with Crippen molar-refractivity contribution in [3.8, 4) is 22.6 Å². The van der Waals surface area contributed by atoms with E-state index in [0.29, 0.717) is 6.61 Å². The lowest BCUT2D eigenvalue weighted by Crippen LogP contribution is -2.11. The summed E-state index contributed by atoms with van der Waals surface area (Å²) in [6, 6.07) is 26.4. The smallest absolute Gasteiger partial charge is 0.120 e. The van der Waals surface area contributed by atoms with Crippen molar-refractivity contribution >= 4 is 18.1 Å². The molecule has 3 aromatic carbocycles. The molecule has 0 spiro atoms. The summed E-state index contributed by atoms with van der Waals surface area (Å²) in [5.74, 6) is 1.74. The molecule has 4 heteroatoms. The van der Waals surface area contributed by atoms with Crippen LogP contribution in [0.4, 0.5) is 5.69 Å². The third-order valence-electron chi connectivity index (χ3n) is 3.73. The van der Waals surface area contributed by atoms with Crippen LogP contribution in [0.5, 0.6) is 11.5 Å². The maximum atomic E-state index is 5.85. The van der Waals surface area contributed by atoms with E-state index in [4.69, 9.17) is 9.47 Å². The summed E-state index contributed by atoms with van der Waals surface area (Å²) in [7, 11) is 1.67. The first kappa shape index (κ1) is 18.7. The predicted octanol–water partition coefficient (Wildman–Crippen LogP) is 5.27. The lowest BCUT2D eigenvalue weighted by atomic mass is 10.1. The van der Waals surface area contributed by atoms with Crippen LogP contribution in [-0.4, -0.2) is 20.3 Å². The van der Waals surface area contributed by atoms with Crippen molar-refractivity contribution in [1.82, 2.24) is 0 Å². The number of rotatable bonds is 7. The van der Waals surface area contributed by atoms with Gasteiger partial charge in [-0.2, -0.15) is 0 Å². The number of nitrogens with one attached hydrogen (secondary N) is 1. The molecule has 0 saturated carbocycles. The first-order valence-electron chi connectivity index (χ1n) is 8.01. The van der Waals surface area contributed by atoms with E-state index in [0.717, 1.165) is 29.3 Å². The predicted molar refractivity (Wildman–Crippen MR) is 106 cm³/mol. The molecule has 3 rings (SSSR count). The molecule has 25 heavy (non-hydrogen) atoms. The molecule has 0 aliphatic heterocycles. The van der Waals surface area contributed by atoms with Gasteiger partial charge in [0.25, 0.3) is 0 Å². The van der Waals surface area contributed by atoms with Gasteiger partial charge >= 0.3 is 0 Å². The Hall–Kier alpha value is -2.65. The molecule has 0 atom stereocenters. The molecule has 1 N–H and O–H groups in total. The van der Waals surface area contributed by atoms with Crippen LogP contribution in [0.1, 0.15) is 0 Å². The van der Waals surface area contributed by atoms with Crippen molar-refractivity contribution in [1.29, 1.82) is 0 Å². The molecule has 0 radical (unpaired) electrons. The average molecular weight is 356 g/mol. The Morgan fingerprint density at radius 2 is 1.48 bits per heavy atom. The molecular formula is C21H22ClNO2. The molecular weight excluding hydrogens is 334 g/mol. The van der Waals surface area contributed by atoms with Crippen LogP contribution in [-0.2, 0) is 0 Å². The second kappa shape index (κ2) is 9.60. The van der Waals surface area contributed by atoms with Crippen LogP contribution in [0.15, 0.2) is 78.9 Å². The van der Waals surface area contributed by atoms with E-state index in [1.807, 2.05) is 54.6 Å². The summed E-state index contributed by atoms with van der Waals surface area (Å²) in [5, 5.41) is 3.33. The number of methoxy groups -OCH3 is 1. The molecule has 0 aliphatic rings. The zero-order valence-electron chi connectivity index (χ0n) is 14.1. The van der Waals surface area contributed by atoms with Crippen molar-refractivity contribution in [2.75, 3.05) is 25.6 Å². The van der Waals surface area contributed by atoms with E-state index in [2.05, 4.69) is 29.6 Å². The fourth-order valence-electron chi connectivity index (χ4n) is 2.47. The molecule has 3 aromatic rings. The van der Waals surface area contributed by atoms with Gasteiger partial charge in [0.15, 0.2) is 0 Å². The van der Waals surface area contributed by atoms with Gasteiger partial charge in [0.05, 0.1) is 7.11 Å². The molecule has 0 saturated heterocycles. The number of anilines is 1. The van der Waals surface area contributed by atoms with Gasteiger partial charge in [-0.15, -0.1) is 12.4 Å². The summed E-state index contributed by atoms with van der Waals surface area (Å²) >= 11 is 0. The van der Waals surface area contributed by atoms with Gasteiger partial charge in [0, 0.05) is 12.2 Å². The lowest BCUT2D eigenvalue weighted by molar-refractivity contribution is 0.333. The molecule has 0 aromatic heterocycles. The van der Waals surface area contributed by atoms with Gasteiger partial charge in [-0.3, -0.25) is 0 Å². The monoisotopic (exact) mass is 355 g/mol. The third-order valence-corrected chi connectivity index (χ3v) is 3.73. The highest BCUT2D eigenvalue weighted by molar-refractivity contribution is 5.85. The van der Waals surface area contributed by atoms with Crippen LogP contribution in [0, 0.1) is 0 Å². The minimum absolute atomic E-state index is 0. The number of hydrogen-bond acceptors (Lipinski definition) is 3. The first-order valence-corrected chi connectivity index (χ1v) is 8.01. The summed E-state index contributed by atoms with van der Waals surface area (Å²) in [6.07, 6.45) is 0. The highest BCUT2D eigenvalue weighted by Gasteiger charge is 2.00. The second-order valence-corrected chi connectivity index (χ2v) is 5.40. The van der Waals surface area contributed by atoms with Crippen LogP contribution >= 0.6 is 12.4 Å². The SMILES string of the molecule is COc1ccc(NCCOc2cccc(-c3ccccc3)c2)cc1.Cl. The van der Waals surface area contributed by atoms with Crippen molar-refractivity contribution in [2.45, 2.75) is 0 Å². The Kier molecular flexibility index (Phi) is 7.17. The van der Waals surface area contributed by atoms with Crippen LogP contribution < -0.4 is 14.8 Å². The standard InChI is InChI=1S/C21H21NO2.ClH/c1-23-20-12-10-19(11-13-20)22-14-15-24-21-9-5-8-18(16-21)17-6-3-2-4-7-17;/h2-13,16,22H,14-15H2,1H3;1H. The summed E-state index contributed by atoms with van der Waals surface area (Å²) in [4.78, 5) is 0. The Bertz CT molecular complexity index is 760. The largest absolute Gasteiger partial charge is 0.497 e. The molecule has 0 aliphatic carbocycles. The molecule has 0 unspecified atom stereocenters. The zero-order valence-corrected chi connectivity index (χ0v) is 15.0. The van der Waals surface area contributed by atoms with E-state index in [9.17, 15) is 0 Å². The topological polar surface area (TPSA) is 30.5 Å². The highest BCUT2D eigenvalue weighted by atomic mass is 35.5. The van der Waals surface area contributed by atoms with E-state index in [1.54, 1.807) is 7.11 Å². The summed E-state index contributed by atoms with van der Waals surface area (Å²) in [6.45, 7) is 1.34. The minimum Gasteiger partial charge on any atom is -0.497 e. The molecule has 0 fully saturated rings. The number of benzene rings is 3. The van der Waals surface area contributed by atoms with Gasteiger partial charge in [-0.1, -0.05) is 42.5 Å². The number of ether oxygens (including phenoxy) is 2. The van der Waals surface area contributed by atoms with Gasteiger partial charge < -0.3 is 14.8 Å². The van der Waals surface area contributed by atoms with Gasteiger partial charge in [-0.05, 0) is 47.5 Å². The lowest BCUT2D eigenvalue weighted by Gasteiger charge is -2.10. The Balaban J connectivity index is 0.00000225. The average Bonchev–Trinajstić information content (AvgIpc) is 2.67. The first-order chi connectivity index (χ1) is 11.8. The van der Waals surface area contributed by atoms with E-state index >= 15 is 0 Å². The van der Waals surface area contributed by atoms with Gasteiger partial charge in [0.1, 0.15) is 18.1 Å². The minimum atomic E-state index is 0. The zero-order chi connectivity index (χ0) is 16.6. The van der Waals surface area contributed by atoms with Crippen molar-refractivity contribution in [2.24, 2.45) is 0 Å². The van der Waals surface area contributed by atoms with Crippen LogP contribution in [0.2, 0.25) is 0 Å². The molecule has 3 nitrogen and oxygen atoms in total. The van der Waals surface area contributed by atoms with Crippen LogP contribution in [0.3, 0.4) is 0 Å². The van der Waals surface area contributed by atoms with Gasteiger partial charge in [-0.25, -0.2) is 0 Å². The van der Waals surface area contributed by atoms with Crippen molar-refractivity contribution in [3.63, 3.8) is 0 Å². The summed E-state index contributed by atoms with van der Waals surface area (Å²) < 4.78 is 11.0. The fraction of sp³-hybridized carbons (Fsp3) is 0.143. The van der Waals surface area contributed by atoms with E-state index in [1.165, 1.54) is 5.56 Å². The Morgan fingerprint density at radius 1 is 0.760 bits per heavy atom. The third kappa shape index (κ3) is 5.44. The molecule has 0 amide bonds.